The van der Waals surface area contributed by atoms with E-state index in [0.717, 1.165) is 31.2 Å². The fourth-order valence-corrected chi connectivity index (χ4v) is 6.29. The lowest BCUT2D eigenvalue weighted by molar-refractivity contribution is 0.123. The van der Waals surface area contributed by atoms with Crippen molar-refractivity contribution in [1.29, 1.82) is 0 Å². The molecule has 2 atom stereocenters. The van der Waals surface area contributed by atoms with Crippen molar-refractivity contribution < 1.29 is 21.7 Å². The van der Waals surface area contributed by atoms with E-state index in [-0.39, 0.29) is 17.0 Å². The van der Waals surface area contributed by atoms with Gasteiger partial charge in [-0.3, -0.25) is 0 Å². The molecule has 0 aliphatic heterocycles. The number of benzene rings is 1. The summed E-state index contributed by atoms with van der Waals surface area (Å²) in [6, 6.07) is 7.20. The van der Waals surface area contributed by atoms with Crippen molar-refractivity contribution in [3.05, 3.63) is 29.8 Å². The molecule has 0 radical (unpaired) electrons. The zero-order valence-electron chi connectivity index (χ0n) is 15.7. The summed E-state index contributed by atoms with van der Waals surface area (Å²) in [5, 5.41) is 0. The van der Waals surface area contributed by atoms with Gasteiger partial charge in [0.15, 0.2) is 0 Å². The van der Waals surface area contributed by atoms with Gasteiger partial charge in [0.25, 0.3) is 0 Å². The second-order valence-corrected chi connectivity index (χ2v) is 11.4. The summed E-state index contributed by atoms with van der Waals surface area (Å²) in [6.07, 6.45) is 4.39. The summed E-state index contributed by atoms with van der Waals surface area (Å²) in [5.74, 6) is 0. The number of aryl methyl sites for hydroxylation is 1. The van der Waals surface area contributed by atoms with Gasteiger partial charge in [0.2, 0.25) is 10.0 Å². The van der Waals surface area contributed by atoms with Gasteiger partial charge in [-0.15, -0.1) is 0 Å². The van der Waals surface area contributed by atoms with E-state index < -0.39 is 18.8 Å². The Labute approximate surface area is 157 Å². The molecule has 3 N–H and O–H groups in total. The van der Waals surface area contributed by atoms with Crippen LogP contribution in [0.1, 0.15) is 31.2 Å². The van der Waals surface area contributed by atoms with Crippen molar-refractivity contribution in [3.8, 4) is 0 Å². The SMILES string of the molecule is CO[Si](CCc1ccc(S(=O)(=O)N[C@H]2CCCC[C@@H]2N)cc1)(OC)OC. The first kappa shape index (κ1) is 21.5. The molecule has 1 aromatic carbocycles. The van der Waals surface area contributed by atoms with Crippen LogP contribution >= 0.6 is 0 Å². The first-order valence-corrected chi connectivity index (χ1v) is 12.3. The number of nitrogens with one attached hydrogen (secondary N) is 1. The summed E-state index contributed by atoms with van der Waals surface area (Å²) in [4.78, 5) is 0.257. The highest BCUT2D eigenvalue weighted by molar-refractivity contribution is 7.89. The third-order valence-electron chi connectivity index (χ3n) is 5.01. The molecule has 0 saturated heterocycles. The van der Waals surface area contributed by atoms with Crippen LogP contribution in [-0.2, 0) is 29.7 Å². The van der Waals surface area contributed by atoms with E-state index in [2.05, 4.69) is 4.72 Å². The molecule has 0 spiro atoms. The largest absolute Gasteiger partial charge is 0.500 e. The highest BCUT2D eigenvalue weighted by Gasteiger charge is 2.37. The van der Waals surface area contributed by atoms with Gasteiger partial charge in [-0.1, -0.05) is 25.0 Å². The number of rotatable bonds is 9. The van der Waals surface area contributed by atoms with Crippen LogP contribution < -0.4 is 10.5 Å². The Balaban J connectivity index is 2.01. The van der Waals surface area contributed by atoms with Gasteiger partial charge in [-0.2, -0.15) is 0 Å². The van der Waals surface area contributed by atoms with Gasteiger partial charge in [0.05, 0.1) is 4.90 Å². The van der Waals surface area contributed by atoms with Gasteiger partial charge in [-0.05, 0) is 37.0 Å². The summed E-state index contributed by atoms with van der Waals surface area (Å²) in [7, 11) is -1.45. The number of nitrogens with two attached hydrogens (primary N) is 1. The van der Waals surface area contributed by atoms with E-state index in [1.807, 2.05) is 12.1 Å². The van der Waals surface area contributed by atoms with Crippen LogP contribution in [0.3, 0.4) is 0 Å². The molecule has 1 aromatic rings. The zero-order valence-corrected chi connectivity index (χ0v) is 17.6. The zero-order chi connectivity index (χ0) is 19.2. The molecule has 148 valence electrons. The Kier molecular flexibility index (Phi) is 7.77. The van der Waals surface area contributed by atoms with Crippen molar-refractivity contribution in [1.82, 2.24) is 4.72 Å². The molecule has 26 heavy (non-hydrogen) atoms. The normalized spacial score (nSPS) is 21.7. The average molecular weight is 403 g/mol. The molecule has 7 nitrogen and oxygen atoms in total. The third kappa shape index (κ3) is 5.35. The first-order valence-electron chi connectivity index (χ1n) is 8.88. The molecule has 0 bridgehead atoms. The molecule has 1 saturated carbocycles. The topological polar surface area (TPSA) is 99.9 Å². The van der Waals surface area contributed by atoms with E-state index in [9.17, 15) is 8.42 Å². The Morgan fingerprint density at radius 2 is 1.65 bits per heavy atom. The van der Waals surface area contributed by atoms with Gasteiger partial charge >= 0.3 is 8.80 Å². The maximum absolute atomic E-state index is 12.6. The summed E-state index contributed by atoms with van der Waals surface area (Å²) in [6.45, 7) is 0. The predicted octanol–water partition coefficient (Wildman–Crippen LogP) is 1.66. The van der Waals surface area contributed by atoms with Gasteiger partial charge in [-0.25, -0.2) is 13.1 Å². The van der Waals surface area contributed by atoms with E-state index in [4.69, 9.17) is 19.0 Å². The standard InChI is InChI=1S/C17H30N2O5SSi/c1-22-26(23-2,24-3)13-12-14-8-10-15(11-9-14)25(20,21)19-17-7-5-4-6-16(17)18/h8-11,16-17,19H,4-7,12-13,18H2,1-3H3/t16-,17-/m0/s1. The quantitative estimate of drug-likeness (QED) is 0.609. The summed E-state index contributed by atoms with van der Waals surface area (Å²) < 4.78 is 44.2. The minimum absolute atomic E-state index is 0.118. The van der Waals surface area contributed by atoms with E-state index in [1.54, 1.807) is 33.5 Å². The molecule has 0 amide bonds. The molecule has 0 aromatic heterocycles. The van der Waals surface area contributed by atoms with Gasteiger partial charge in [0, 0.05) is 39.5 Å². The highest BCUT2D eigenvalue weighted by Crippen LogP contribution is 2.21. The van der Waals surface area contributed by atoms with Crippen molar-refractivity contribution in [2.75, 3.05) is 21.3 Å². The Bertz CT molecular complexity index is 656. The van der Waals surface area contributed by atoms with Crippen molar-refractivity contribution in [2.24, 2.45) is 5.73 Å². The number of hydrogen-bond donors (Lipinski definition) is 2. The lowest BCUT2D eigenvalue weighted by Crippen LogP contribution is -2.49. The van der Waals surface area contributed by atoms with Crippen molar-refractivity contribution >= 4 is 18.8 Å². The molecule has 1 aliphatic rings. The minimum atomic E-state index is -3.56. The van der Waals surface area contributed by atoms with Crippen LogP contribution in [0.15, 0.2) is 29.2 Å². The van der Waals surface area contributed by atoms with E-state index in [0.29, 0.717) is 12.5 Å². The third-order valence-corrected chi connectivity index (χ3v) is 9.25. The lowest BCUT2D eigenvalue weighted by atomic mass is 9.92. The van der Waals surface area contributed by atoms with Gasteiger partial charge < -0.3 is 19.0 Å². The predicted molar refractivity (Wildman–Crippen MR) is 102 cm³/mol. The van der Waals surface area contributed by atoms with Crippen LogP contribution in [0, 0.1) is 0 Å². The molecular weight excluding hydrogens is 372 g/mol. The number of sulfonamides is 1. The van der Waals surface area contributed by atoms with Crippen molar-refractivity contribution in [3.63, 3.8) is 0 Å². The summed E-state index contributed by atoms with van der Waals surface area (Å²) >= 11 is 0. The molecule has 0 unspecified atom stereocenters. The Hall–Kier alpha value is -0.813. The molecule has 0 heterocycles. The second kappa shape index (κ2) is 9.40. The maximum Gasteiger partial charge on any atom is 0.500 e. The highest BCUT2D eigenvalue weighted by atomic mass is 32.2. The van der Waals surface area contributed by atoms with Crippen LogP contribution in [0.4, 0.5) is 0 Å². The first-order chi connectivity index (χ1) is 12.4. The molecular formula is C17H30N2O5SSi. The molecule has 1 fully saturated rings. The molecule has 2 rings (SSSR count). The van der Waals surface area contributed by atoms with E-state index >= 15 is 0 Å². The molecule has 9 heteroatoms. The van der Waals surface area contributed by atoms with Crippen LogP contribution in [0.2, 0.25) is 6.04 Å². The molecule has 1 aliphatic carbocycles. The smallest absolute Gasteiger partial charge is 0.377 e. The Morgan fingerprint density at radius 3 is 2.19 bits per heavy atom. The maximum atomic E-state index is 12.6. The Morgan fingerprint density at radius 1 is 1.08 bits per heavy atom. The fraction of sp³-hybridized carbons (Fsp3) is 0.647. The summed E-state index contributed by atoms with van der Waals surface area (Å²) in [5.41, 5.74) is 7.05. The monoisotopic (exact) mass is 402 g/mol. The lowest BCUT2D eigenvalue weighted by Gasteiger charge is -2.29. The average Bonchev–Trinajstić information content (AvgIpc) is 2.65. The minimum Gasteiger partial charge on any atom is -0.377 e. The van der Waals surface area contributed by atoms with E-state index in [1.165, 1.54) is 0 Å². The number of hydrogen-bond acceptors (Lipinski definition) is 6. The van der Waals surface area contributed by atoms with Crippen molar-refractivity contribution in [2.45, 2.75) is 55.1 Å². The van der Waals surface area contributed by atoms with Gasteiger partial charge in [0.1, 0.15) is 0 Å². The van der Waals surface area contributed by atoms with Crippen LogP contribution in [-0.4, -0.2) is 50.6 Å². The van der Waals surface area contributed by atoms with Crippen LogP contribution in [0.5, 0.6) is 0 Å². The van der Waals surface area contributed by atoms with Crippen LogP contribution in [0.25, 0.3) is 0 Å². The second-order valence-electron chi connectivity index (χ2n) is 6.62. The fourth-order valence-electron chi connectivity index (χ4n) is 3.26.